The summed E-state index contributed by atoms with van der Waals surface area (Å²) in [5, 5.41) is 13.1. The van der Waals surface area contributed by atoms with Crippen LogP contribution in [0.25, 0.3) is 12.2 Å². The van der Waals surface area contributed by atoms with Crippen molar-refractivity contribution >= 4 is 18.2 Å². The SMILES string of the molecule is CC1(C)C=Cc2ncn(CC3(CO)CCCC4(CNC(=O)O4)C3)c2C=C1. The van der Waals surface area contributed by atoms with Crippen molar-refractivity contribution in [2.24, 2.45) is 10.8 Å². The summed E-state index contributed by atoms with van der Waals surface area (Å²) in [4.78, 5) is 16.2. The third-order valence-electron chi connectivity index (χ3n) is 5.99. The average molecular weight is 357 g/mol. The molecule has 2 aliphatic carbocycles. The van der Waals surface area contributed by atoms with E-state index in [0.29, 0.717) is 19.5 Å². The van der Waals surface area contributed by atoms with Gasteiger partial charge in [-0.2, -0.15) is 0 Å². The van der Waals surface area contributed by atoms with Crippen molar-refractivity contribution in [1.82, 2.24) is 14.9 Å². The van der Waals surface area contributed by atoms with Gasteiger partial charge in [0.2, 0.25) is 0 Å². The Morgan fingerprint density at radius 1 is 1.31 bits per heavy atom. The van der Waals surface area contributed by atoms with E-state index in [-0.39, 0.29) is 23.5 Å². The fourth-order valence-electron chi connectivity index (χ4n) is 4.55. The molecule has 0 aromatic carbocycles. The lowest BCUT2D eigenvalue weighted by Crippen LogP contribution is -2.47. The Kier molecular flexibility index (Phi) is 3.99. The third kappa shape index (κ3) is 3.07. The summed E-state index contributed by atoms with van der Waals surface area (Å²) in [5.41, 5.74) is 1.24. The largest absolute Gasteiger partial charge is 0.441 e. The molecule has 4 rings (SSSR count). The number of fused-ring (bicyclic) bond motifs is 1. The van der Waals surface area contributed by atoms with Crippen LogP contribution in [-0.4, -0.2) is 39.5 Å². The maximum Gasteiger partial charge on any atom is 0.407 e. The number of hydrogen-bond acceptors (Lipinski definition) is 4. The topological polar surface area (TPSA) is 76.4 Å². The molecular formula is C20H27N3O3. The van der Waals surface area contributed by atoms with Gasteiger partial charge in [0, 0.05) is 17.4 Å². The van der Waals surface area contributed by atoms with Crippen LogP contribution >= 0.6 is 0 Å². The zero-order valence-corrected chi connectivity index (χ0v) is 15.5. The standard InChI is InChI=1S/C20H27N3O3/c1-18(2)8-4-15-16(5-9-18)23(14-22-15)12-19(13-24)6-3-7-20(10-19)11-21-17(25)26-20/h4-5,8-9,14,24H,3,6-7,10-13H2,1-2H3,(H,21,25). The minimum atomic E-state index is -0.479. The van der Waals surface area contributed by atoms with E-state index in [1.165, 1.54) is 0 Å². The summed E-state index contributed by atoms with van der Waals surface area (Å²) in [7, 11) is 0. The Labute approximate surface area is 153 Å². The smallest absolute Gasteiger partial charge is 0.407 e. The van der Waals surface area contributed by atoms with E-state index in [0.717, 1.165) is 30.7 Å². The minimum absolute atomic E-state index is 0.00118. The number of carbonyl (C=O) groups excluding carboxylic acids is 1. The highest BCUT2D eigenvalue weighted by Crippen LogP contribution is 2.46. The first-order valence-electron chi connectivity index (χ1n) is 9.36. The second-order valence-corrected chi connectivity index (χ2v) is 8.75. The van der Waals surface area contributed by atoms with Gasteiger partial charge in [-0.3, -0.25) is 0 Å². The first-order valence-corrected chi connectivity index (χ1v) is 9.36. The Balaban J connectivity index is 1.61. The van der Waals surface area contributed by atoms with Crippen molar-refractivity contribution < 1.29 is 14.6 Å². The number of alkyl carbamates (subject to hydrolysis) is 1. The number of nitrogens with zero attached hydrogens (tertiary/aromatic N) is 2. The fourth-order valence-corrected chi connectivity index (χ4v) is 4.55. The first-order chi connectivity index (χ1) is 12.3. The molecule has 2 fully saturated rings. The van der Waals surface area contributed by atoms with Crippen LogP contribution < -0.4 is 5.32 Å². The van der Waals surface area contributed by atoms with Crippen LogP contribution in [0, 0.1) is 10.8 Å². The molecular weight excluding hydrogens is 330 g/mol. The summed E-state index contributed by atoms with van der Waals surface area (Å²) in [6.45, 7) is 5.61. The predicted molar refractivity (Wildman–Crippen MR) is 99.3 cm³/mol. The number of rotatable bonds is 3. The fraction of sp³-hybridized carbons (Fsp3) is 0.600. The Bertz CT molecular complexity index is 779. The number of imidazole rings is 1. The average Bonchev–Trinajstić information content (AvgIpc) is 3.10. The van der Waals surface area contributed by atoms with E-state index < -0.39 is 5.60 Å². The van der Waals surface area contributed by atoms with Gasteiger partial charge in [0.15, 0.2) is 0 Å². The van der Waals surface area contributed by atoms with Crippen molar-refractivity contribution in [1.29, 1.82) is 0 Å². The molecule has 3 aliphatic rings. The molecule has 2 N–H and O–H groups in total. The molecule has 2 unspecified atom stereocenters. The van der Waals surface area contributed by atoms with Gasteiger partial charge in [0.1, 0.15) is 5.60 Å². The van der Waals surface area contributed by atoms with Gasteiger partial charge in [-0.1, -0.05) is 26.0 Å². The lowest BCUT2D eigenvalue weighted by Gasteiger charge is -2.44. The molecule has 1 saturated carbocycles. The van der Waals surface area contributed by atoms with Crippen molar-refractivity contribution in [3.8, 4) is 0 Å². The number of aromatic nitrogens is 2. The van der Waals surface area contributed by atoms with E-state index in [1.54, 1.807) is 0 Å². The molecule has 1 aliphatic heterocycles. The van der Waals surface area contributed by atoms with Crippen LogP contribution in [0.2, 0.25) is 0 Å². The summed E-state index contributed by atoms with van der Waals surface area (Å²) in [6, 6.07) is 0. The molecule has 6 heteroatoms. The van der Waals surface area contributed by atoms with Gasteiger partial charge in [0.05, 0.1) is 30.9 Å². The van der Waals surface area contributed by atoms with Crippen LogP contribution in [0.4, 0.5) is 4.79 Å². The molecule has 1 amide bonds. The number of amides is 1. The van der Waals surface area contributed by atoms with Crippen LogP contribution in [0.5, 0.6) is 0 Å². The van der Waals surface area contributed by atoms with Crippen LogP contribution in [0.3, 0.4) is 0 Å². The Morgan fingerprint density at radius 2 is 2.12 bits per heavy atom. The molecule has 2 heterocycles. The molecule has 140 valence electrons. The molecule has 0 radical (unpaired) electrons. The van der Waals surface area contributed by atoms with Gasteiger partial charge in [-0.05, 0) is 37.8 Å². The maximum atomic E-state index is 11.6. The van der Waals surface area contributed by atoms with Gasteiger partial charge >= 0.3 is 6.09 Å². The van der Waals surface area contributed by atoms with Crippen molar-refractivity contribution in [2.45, 2.75) is 51.7 Å². The van der Waals surface area contributed by atoms with Crippen LogP contribution in [0.1, 0.15) is 50.9 Å². The van der Waals surface area contributed by atoms with Crippen molar-refractivity contribution in [3.63, 3.8) is 0 Å². The zero-order chi connectivity index (χ0) is 18.4. The van der Waals surface area contributed by atoms with Gasteiger partial charge in [-0.25, -0.2) is 9.78 Å². The highest BCUT2D eigenvalue weighted by atomic mass is 16.6. The highest BCUT2D eigenvalue weighted by molar-refractivity contribution is 5.70. The lowest BCUT2D eigenvalue weighted by molar-refractivity contribution is -0.0547. The maximum absolute atomic E-state index is 11.6. The molecule has 6 nitrogen and oxygen atoms in total. The number of carbonyl (C=O) groups is 1. The molecule has 1 aromatic rings. The quantitative estimate of drug-likeness (QED) is 0.872. The number of hydrogen-bond donors (Lipinski definition) is 2. The van der Waals surface area contributed by atoms with Gasteiger partial charge < -0.3 is 19.7 Å². The molecule has 1 aromatic heterocycles. The van der Waals surface area contributed by atoms with Crippen LogP contribution in [0.15, 0.2) is 18.5 Å². The lowest BCUT2D eigenvalue weighted by atomic mass is 9.67. The van der Waals surface area contributed by atoms with Crippen molar-refractivity contribution in [2.75, 3.05) is 13.2 Å². The number of nitrogens with one attached hydrogen (secondary N) is 1. The Morgan fingerprint density at radius 3 is 2.85 bits per heavy atom. The molecule has 1 saturated heterocycles. The number of aliphatic hydroxyl groups excluding tert-OH is 1. The predicted octanol–water partition coefficient (Wildman–Crippen LogP) is 2.98. The van der Waals surface area contributed by atoms with E-state index in [1.807, 2.05) is 6.33 Å². The van der Waals surface area contributed by atoms with E-state index in [4.69, 9.17) is 4.74 Å². The molecule has 1 spiro atoms. The number of ether oxygens (including phenoxy) is 1. The van der Waals surface area contributed by atoms with Gasteiger partial charge in [-0.15, -0.1) is 0 Å². The third-order valence-corrected chi connectivity index (χ3v) is 5.99. The van der Waals surface area contributed by atoms with Crippen molar-refractivity contribution in [3.05, 3.63) is 29.9 Å². The second-order valence-electron chi connectivity index (χ2n) is 8.75. The van der Waals surface area contributed by atoms with E-state index in [9.17, 15) is 9.90 Å². The summed E-state index contributed by atoms with van der Waals surface area (Å²) >= 11 is 0. The zero-order valence-electron chi connectivity index (χ0n) is 15.5. The van der Waals surface area contributed by atoms with E-state index in [2.05, 4.69) is 53.0 Å². The van der Waals surface area contributed by atoms with Crippen LogP contribution in [-0.2, 0) is 11.3 Å². The Hall–Kier alpha value is -2.08. The first kappa shape index (κ1) is 17.3. The second kappa shape index (κ2) is 5.98. The molecule has 0 bridgehead atoms. The number of aliphatic hydroxyl groups is 1. The number of allylic oxidation sites excluding steroid dienone is 2. The molecule has 26 heavy (non-hydrogen) atoms. The minimum Gasteiger partial charge on any atom is -0.441 e. The summed E-state index contributed by atoms with van der Waals surface area (Å²) in [5.74, 6) is 0. The highest BCUT2D eigenvalue weighted by Gasteiger charge is 2.50. The van der Waals surface area contributed by atoms with E-state index >= 15 is 0 Å². The summed E-state index contributed by atoms with van der Waals surface area (Å²) in [6.07, 6.45) is 13.4. The summed E-state index contributed by atoms with van der Waals surface area (Å²) < 4.78 is 7.75. The molecule has 2 atom stereocenters. The monoisotopic (exact) mass is 357 g/mol. The normalized spacial score (nSPS) is 32.2. The van der Waals surface area contributed by atoms with Gasteiger partial charge in [0.25, 0.3) is 0 Å².